The van der Waals surface area contributed by atoms with Crippen LogP contribution in [0.4, 0.5) is 5.69 Å². The van der Waals surface area contributed by atoms with Gasteiger partial charge in [-0.25, -0.2) is 0 Å². The molecule has 2 heteroatoms. The minimum atomic E-state index is 0.912. The van der Waals surface area contributed by atoms with Gasteiger partial charge in [0, 0.05) is 16.2 Å². The Balaban J connectivity index is 3.08. The third-order valence-electron chi connectivity index (χ3n) is 1.99. The van der Waals surface area contributed by atoms with Gasteiger partial charge < -0.3 is 5.32 Å². The van der Waals surface area contributed by atoms with Gasteiger partial charge in [-0.15, -0.1) is 0 Å². The minimum absolute atomic E-state index is 0.912. The zero-order chi connectivity index (χ0) is 10.7. The van der Waals surface area contributed by atoms with E-state index in [1.54, 1.807) is 0 Å². The molecule has 1 rings (SSSR count). The largest absolute Gasteiger partial charge is 0.359 e. The minimum Gasteiger partial charge on any atom is -0.359 e. The van der Waals surface area contributed by atoms with Crippen molar-refractivity contribution in [2.24, 2.45) is 0 Å². The Morgan fingerprint density at radius 3 is 2.50 bits per heavy atom. The lowest BCUT2D eigenvalue weighted by atomic mass is 10.1. The first-order valence-electron chi connectivity index (χ1n) is 4.55. The van der Waals surface area contributed by atoms with Crippen molar-refractivity contribution in [1.29, 1.82) is 0 Å². The molecule has 0 aliphatic rings. The molecular formula is C12H15NS. The topological polar surface area (TPSA) is 12.0 Å². The monoisotopic (exact) mass is 205 g/mol. The van der Waals surface area contributed by atoms with Crippen molar-refractivity contribution >= 4 is 22.8 Å². The van der Waals surface area contributed by atoms with Gasteiger partial charge in [0.1, 0.15) is 0 Å². The molecule has 14 heavy (non-hydrogen) atoms. The molecule has 1 N–H and O–H groups in total. The number of hydrogen-bond acceptors (Lipinski definition) is 2. The Kier molecular flexibility index (Phi) is 3.42. The van der Waals surface area contributed by atoms with Crippen molar-refractivity contribution in [2.75, 3.05) is 5.32 Å². The van der Waals surface area contributed by atoms with E-state index in [2.05, 4.69) is 31.0 Å². The fraction of sp³-hybridized carbons (Fsp3) is 0.250. The molecule has 1 nitrogen and oxygen atoms in total. The van der Waals surface area contributed by atoms with Crippen LogP contribution in [-0.4, -0.2) is 4.86 Å². The molecule has 0 fully saturated rings. The number of anilines is 1. The molecule has 0 amide bonds. The Hall–Kier alpha value is -1.15. The van der Waals surface area contributed by atoms with Gasteiger partial charge in [-0.1, -0.05) is 30.9 Å². The van der Waals surface area contributed by atoms with Gasteiger partial charge in [-0.2, -0.15) is 0 Å². The highest BCUT2D eigenvalue weighted by atomic mass is 32.1. The van der Waals surface area contributed by atoms with Crippen LogP contribution in [0.15, 0.2) is 30.5 Å². The summed E-state index contributed by atoms with van der Waals surface area (Å²) in [6.45, 7) is 9.76. The van der Waals surface area contributed by atoms with Crippen LogP contribution in [-0.2, 0) is 0 Å². The summed E-state index contributed by atoms with van der Waals surface area (Å²) < 4.78 is 0. The fourth-order valence-electron chi connectivity index (χ4n) is 1.21. The molecule has 0 atom stereocenters. The van der Waals surface area contributed by atoms with Gasteiger partial charge >= 0.3 is 0 Å². The van der Waals surface area contributed by atoms with Crippen LogP contribution in [0, 0.1) is 6.92 Å². The number of hydrogen-bond donors (Lipinski definition) is 1. The van der Waals surface area contributed by atoms with E-state index < -0.39 is 0 Å². The zero-order valence-corrected chi connectivity index (χ0v) is 9.66. The Morgan fingerprint density at radius 1 is 1.36 bits per heavy atom. The van der Waals surface area contributed by atoms with E-state index in [0.29, 0.717) is 0 Å². The van der Waals surface area contributed by atoms with E-state index in [4.69, 9.17) is 12.2 Å². The predicted octanol–water partition coefficient (Wildman–Crippen LogP) is 3.68. The second-order valence-electron chi connectivity index (χ2n) is 3.49. The lowest BCUT2D eigenvalue weighted by Gasteiger charge is -2.10. The maximum absolute atomic E-state index is 5.13. The number of allylic oxidation sites excluding steroid dienone is 1. The molecule has 0 aliphatic carbocycles. The third kappa shape index (κ3) is 2.67. The fourth-order valence-corrected chi connectivity index (χ4v) is 1.33. The number of benzene rings is 1. The summed E-state index contributed by atoms with van der Waals surface area (Å²) >= 11 is 5.13. The highest BCUT2D eigenvalue weighted by Gasteiger charge is 2.01. The number of thiocarbonyl (C=S) groups is 1. The Labute approximate surface area is 90.8 Å². The number of nitrogens with one attached hydrogen (secondary N) is 1. The molecule has 0 radical (unpaired) electrons. The highest BCUT2D eigenvalue weighted by Crippen LogP contribution is 2.18. The lowest BCUT2D eigenvalue weighted by molar-refractivity contribution is 1.35. The van der Waals surface area contributed by atoms with Crippen molar-refractivity contribution in [2.45, 2.75) is 20.8 Å². The van der Waals surface area contributed by atoms with Crippen LogP contribution in [0.5, 0.6) is 0 Å². The average molecular weight is 205 g/mol. The quantitative estimate of drug-likeness (QED) is 0.597. The molecule has 0 heterocycles. The first kappa shape index (κ1) is 10.9. The molecular weight excluding hydrogens is 190 g/mol. The highest BCUT2D eigenvalue weighted by molar-refractivity contribution is 7.80. The summed E-state index contributed by atoms with van der Waals surface area (Å²) in [6.07, 6.45) is 0. The van der Waals surface area contributed by atoms with Crippen LogP contribution >= 0.6 is 12.2 Å². The molecule has 0 bridgehead atoms. The molecule has 74 valence electrons. The van der Waals surface area contributed by atoms with Gasteiger partial charge in [0.05, 0.1) is 0 Å². The van der Waals surface area contributed by atoms with E-state index >= 15 is 0 Å². The summed E-state index contributed by atoms with van der Waals surface area (Å²) in [5.74, 6) is 0. The standard InChI is InChI=1S/C12H15NS/c1-8(2)13-12-7-11(10(4)14)6-5-9(12)3/h5-7,13H,1H2,2-4H3. The first-order valence-corrected chi connectivity index (χ1v) is 4.95. The smallest absolute Gasteiger partial charge is 0.0417 e. The van der Waals surface area contributed by atoms with E-state index in [-0.39, 0.29) is 0 Å². The molecule has 0 saturated heterocycles. The van der Waals surface area contributed by atoms with Gasteiger partial charge in [0.25, 0.3) is 0 Å². The van der Waals surface area contributed by atoms with Crippen LogP contribution in [0.1, 0.15) is 25.0 Å². The van der Waals surface area contributed by atoms with Crippen molar-refractivity contribution in [1.82, 2.24) is 0 Å². The number of rotatable bonds is 3. The summed E-state index contributed by atoms with van der Waals surface area (Å²) in [5, 5.41) is 3.21. The van der Waals surface area contributed by atoms with Gasteiger partial charge in [-0.05, 0) is 38.0 Å². The van der Waals surface area contributed by atoms with E-state index in [9.17, 15) is 0 Å². The van der Waals surface area contributed by atoms with Crippen LogP contribution in [0.2, 0.25) is 0 Å². The second kappa shape index (κ2) is 4.38. The van der Waals surface area contributed by atoms with Crippen molar-refractivity contribution in [3.63, 3.8) is 0 Å². The lowest BCUT2D eigenvalue weighted by Crippen LogP contribution is -1.99. The maximum Gasteiger partial charge on any atom is 0.0417 e. The Morgan fingerprint density at radius 2 is 2.00 bits per heavy atom. The first-order chi connectivity index (χ1) is 6.50. The maximum atomic E-state index is 5.13. The summed E-state index contributed by atoms with van der Waals surface area (Å²) in [4.78, 5) is 0.912. The van der Waals surface area contributed by atoms with Gasteiger partial charge in [0.15, 0.2) is 0 Å². The van der Waals surface area contributed by atoms with Crippen LogP contribution in [0.25, 0.3) is 0 Å². The van der Waals surface area contributed by atoms with E-state index in [1.165, 1.54) is 5.56 Å². The molecule has 0 aromatic heterocycles. The molecule has 0 saturated carbocycles. The van der Waals surface area contributed by atoms with Gasteiger partial charge in [0.2, 0.25) is 0 Å². The zero-order valence-electron chi connectivity index (χ0n) is 8.85. The van der Waals surface area contributed by atoms with Crippen molar-refractivity contribution in [3.8, 4) is 0 Å². The predicted molar refractivity (Wildman–Crippen MR) is 67.0 cm³/mol. The van der Waals surface area contributed by atoms with Crippen LogP contribution < -0.4 is 5.32 Å². The van der Waals surface area contributed by atoms with Crippen molar-refractivity contribution < 1.29 is 0 Å². The van der Waals surface area contributed by atoms with E-state index in [0.717, 1.165) is 21.8 Å². The molecule has 0 aliphatic heterocycles. The molecule has 0 unspecified atom stereocenters. The molecule has 0 spiro atoms. The van der Waals surface area contributed by atoms with Crippen molar-refractivity contribution in [3.05, 3.63) is 41.6 Å². The van der Waals surface area contributed by atoms with Gasteiger partial charge in [-0.3, -0.25) is 0 Å². The Bertz CT molecular complexity index is 380. The second-order valence-corrected chi connectivity index (χ2v) is 4.10. The normalized spacial score (nSPS) is 9.64. The molecule has 1 aromatic carbocycles. The number of aryl methyl sites for hydroxylation is 1. The summed E-state index contributed by atoms with van der Waals surface area (Å²) in [7, 11) is 0. The van der Waals surface area contributed by atoms with E-state index in [1.807, 2.05) is 19.9 Å². The summed E-state index contributed by atoms with van der Waals surface area (Å²) in [5.41, 5.74) is 4.31. The summed E-state index contributed by atoms with van der Waals surface area (Å²) in [6, 6.07) is 6.17. The average Bonchev–Trinajstić information content (AvgIpc) is 2.07. The molecule has 1 aromatic rings. The van der Waals surface area contributed by atoms with Crippen LogP contribution in [0.3, 0.4) is 0 Å². The third-order valence-corrected chi connectivity index (χ3v) is 2.23. The SMILES string of the molecule is C=C(C)Nc1cc(C(C)=S)ccc1C.